The topological polar surface area (TPSA) is 122 Å². The van der Waals surface area contributed by atoms with Crippen LogP contribution >= 0.6 is 0 Å². The van der Waals surface area contributed by atoms with Crippen LogP contribution in [0.3, 0.4) is 0 Å². The summed E-state index contributed by atoms with van der Waals surface area (Å²) in [6, 6.07) is 7.83. The number of pyridine rings is 1. The Bertz CT molecular complexity index is 1050. The molecule has 1 aromatic carbocycles. The minimum Gasteiger partial charge on any atom is -0.392 e. The molecule has 0 amide bonds. The number of aliphatic hydroxyl groups excluding tert-OH is 1. The molecule has 2 heterocycles. The number of hydrogen-bond donors (Lipinski definition) is 2. The number of hydrogen-bond acceptors (Lipinski definition) is 7. The molecule has 3 aromatic rings. The van der Waals surface area contributed by atoms with Gasteiger partial charge in [-0.15, -0.1) is 10.2 Å². The zero-order valence-electron chi connectivity index (χ0n) is 16.0. The largest absolute Gasteiger partial charge is 0.392 e. The van der Waals surface area contributed by atoms with Gasteiger partial charge in [0.05, 0.1) is 22.8 Å². The molecule has 0 unspecified atom stereocenters. The highest BCUT2D eigenvalue weighted by Crippen LogP contribution is 2.35. The van der Waals surface area contributed by atoms with Crippen LogP contribution in [0, 0.1) is 0 Å². The van der Waals surface area contributed by atoms with Gasteiger partial charge in [0.25, 0.3) is 0 Å². The molecule has 8 nitrogen and oxygen atoms in total. The lowest BCUT2D eigenvalue weighted by Gasteiger charge is -2.17. The summed E-state index contributed by atoms with van der Waals surface area (Å²) in [5.74, 6) is 0.262. The van der Waals surface area contributed by atoms with E-state index < -0.39 is 17.9 Å². The summed E-state index contributed by atoms with van der Waals surface area (Å²) in [7, 11) is -5.13. The first-order valence-corrected chi connectivity index (χ1v) is 14.2. The van der Waals surface area contributed by atoms with E-state index >= 15 is 0 Å². The average Bonchev–Trinajstić information content (AvgIpc) is 3.20. The highest BCUT2D eigenvalue weighted by molar-refractivity contribution is 7.91. The maximum absolute atomic E-state index is 13.1. The number of aliphatic hydroxyl groups is 1. The Morgan fingerprint density at radius 3 is 2.39 bits per heavy atom. The van der Waals surface area contributed by atoms with Crippen molar-refractivity contribution in [2.45, 2.75) is 37.2 Å². The second kappa shape index (κ2) is 7.90. The molecule has 2 aromatic heterocycles. The van der Waals surface area contributed by atoms with Gasteiger partial charge in [-0.25, -0.2) is 8.42 Å². The standard InChI is InChI=1S/C18H23N5O3SSi/c1-28(2,3)9-8-27(25,26)16-11-19-10-15(17(16)18-20-22-23-21-18)14-6-4-13(12-24)5-7-14/h4-7,10-11,24H,8-9,12H2,1-3H3,(H,20,21,22,23). The molecule has 0 spiro atoms. The quantitative estimate of drug-likeness (QED) is 0.566. The zero-order valence-corrected chi connectivity index (χ0v) is 17.9. The molecule has 0 saturated heterocycles. The highest BCUT2D eigenvalue weighted by atomic mass is 32.2. The van der Waals surface area contributed by atoms with Crippen molar-refractivity contribution in [1.82, 2.24) is 25.6 Å². The Morgan fingerprint density at radius 1 is 1.11 bits per heavy atom. The molecule has 28 heavy (non-hydrogen) atoms. The molecule has 2 N–H and O–H groups in total. The fraction of sp³-hybridized carbons (Fsp3) is 0.333. The minimum atomic E-state index is -3.58. The van der Waals surface area contributed by atoms with E-state index in [0.29, 0.717) is 17.2 Å². The van der Waals surface area contributed by atoms with Crippen molar-refractivity contribution in [2.75, 3.05) is 5.75 Å². The number of tetrazole rings is 1. The van der Waals surface area contributed by atoms with Gasteiger partial charge in [0, 0.05) is 26.0 Å². The molecule has 0 aliphatic carbocycles. The molecule has 0 atom stereocenters. The summed E-state index contributed by atoms with van der Waals surface area (Å²) in [4.78, 5) is 4.29. The third kappa shape index (κ3) is 4.51. The lowest BCUT2D eigenvalue weighted by molar-refractivity contribution is 0.282. The van der Waals surface area contributed by atoms with Gasteiger partial charge >= 0.3 is 0 Å². The highest BCUT2D eigenvalue weighted by Gasteiger charge is 2.27. The number of aromatic amines is 1. The van der Waals surface area contributed by atoms with Gasteiger partial charge in [-0.05, 0) is 22.4 Å². The van der Waals surface area contributed by atoms with Gasteiger partial charge in [-0.1, -0.05) is 43.9 Å². The van der Waals surface area contributed by atoms with Crippen molar-refractivity contribution >= 4 is 17.9 Å². The molecular formula is C18H23N5O3SSi. The number of sulfone groups is 1. The van der Waals surface area contributed by atoms with Crippen molar-refractivity contribution < 1.29 is 13.5 Å². The van der Waals surface area contributed by atoms with E-state index in [1.807, 2.05) is 12.1 Å². The number of nitrogens with zero attached hydrogens (tertiary/aromatic N) is 4. The molecule has 10 heteroatoms. The molecule has 0 saturated carbocycles. The third-order valence-corrected chi connectivity index (χ3v) is 8.22. The molecule has 0 radical (unpaired) electrons. The Morgan fingerprint density at radius 2 is 1.82 bits per heavy atom. The van der Waals surface area contributed by atoms with Crippen LogP contribution in [0.2, 0.25) is 25.7 Å². The van der Waals surface area contributed by atoms with Crippen molar-refractivity contribution in [3.8, 4) is 22.5 Å². The van der Waals surface area contributed by atoms with E-state index in [0.717, 1.165) is 11.1 Å². The second-order valence-electron chi connectivity index (χ2n) is 7.78. The first-order chi connectivity index (χ1) is 13.2. The summed E-state index contributed by atoms with van der Waals surface area (Å²) in [5.41, 5.74) is 2.50. The number of benzene rings is 1. The molecule has 0 bridgehead atoms. The van der Waals surface area contributed by atoms with Crippen LogP contribution in [-0.4, -0.2) is 53.0 Å². The Kier molecular flexibility index (Phi) is 5.73. The van der Waals surface area contributed by atoms with Crippen LogP contribution < -0.4 is 0 Å². The van der Waals surface area contributed by atoms with Crippen LogP contribution in [0.4, 0.5) is 0 Å². The van der Waals surface area contributed by atoms with Gasteiger partial charge in [-0.3, -0.25) is 4.98 Å². The van der Waals surface area contributed by atoms with Crippen molar-refractivity contribution in [3.05, 3.63) is 42.2 Å². The third-order valence-electron chi connectivity index (χ3n) is 4.38. The summed E-state index contributed by atoms with van der Waals surface area (Å²) in [5, 5.41) is 23.3. The fourth-order valence-electron chi connectivity index (χ4n) is 2.73. The van der Waals surface area contributed by atoms with Crippen molar-refractivity contribution in [1.29, 1.82) is 0 Å². The smallest absolute Gasteiger partial charge is 0.206 e. The molecular weight excluding hydrogens is 394 g/mol. The second-order valence-corrected chi connectivity index (χ2v) is 15.5. The van der Waals surface area contributed by atoms with Gasteiger partial charge in [-0.2, -0.15) is 5.21 Å². The number of aromatic nitrogens is 5. The van der Waals surface area contributed by atoms with E-state index in [1.165, 1.54) is 6.20 Å². The van der Waals surface area contributed by atoms with Gasteiger partial charge in [0.1, 0.15) is 0 Å². The zero-order chi connectivity index (χ0) is 20.4. The summed E-state index contributed by atoms with van der Waals surface area (Å²) in [6.45, 7) is 6.35. The first-order valence-electron chi connectivity index (χ1n) is 8.86. The van der Waals surface area contributed by atoms with Crippen LogP contribution in [0.25, 0.3) is 22.5 Å². The lowest BCUT2D eigenvalue weighted by atomic mass is 10.0. The van der Waals surface area contributed by atoms with Crippen LogP contribution in [0.15, 0.2) is 41.6 Å². The Hall–Kier alpha value is -2.43. The van der Waals surface area contributed by atoms with E-state index in [-0.39, 0.29) is 23.1 Å². The lowest BCUT2D eigenvalue weighted by Crippen LogP contribution is -2.24. The Labute approximate surface area is 165 Å². The van der Waals surface area contributed by atoms with E-state index in [1.54, 1.807) is 18.3 Å². The number of rotatable bonds is 7. The molecule has 0 aliphatic heterocycles. The first kappa shape index (κ1) is 20.3. The van der Waals surface area contributed by atoms with Crippen molar-refractivity contribution in [3.63, 3.8) is 0 Å². The maximum atomic E-state index is 13.1. The number of H-pyrrole nitrogens is 1. The van der Waals surface area contributed by atoms with Crippen molar-refractivity contribution in [2.24, 2.45) is 0 Å². The monoisotopic (exact) mass is 417 g/mol. The molecule has 148 valence electrons. The predicted molar refractivity (Wildman–Crippen MR) is 109 cm³/mol. The fourth-order valence-corrected chi connectivity index (χ4v) is 7.21. The summed E-state index contributed by atoms with van der Waals surface area (Å²) >= 11 is 0. The van der Waals surface area contributed by atoms with Crippen LogP contribution in [0.5, 0.6) is 0 Å². The molecule has 0 aliphatic rings. The summed E-state index contributed by atoms with van der Waals surface area (Å²) < 4.78 is 26.3. The van der Waals surface area contributed by atoms with E-state index in [9.17, 15) is 13.5 Å². The van der Waals surface area contributed by atoms with Gasteiger partial charge in [0.2, 0.25) is 5.82 Å². The van der Waals surface area contributed by atoms with E-state index in [4.69, 9.17) is 0 Å². The van der Waals surface area contributed by atoms with Crippen LogP contribution in [0.1, 0.15) is 5.56 Å². The van der Waals surface area contributed by atoms with Gasteiger partial charge < -0.3 is 5.11 Å². The average molecular weight is 418 g/mol. The van der Waals surface area contributed by atoms with E-state index in [2.05, 4.69) is 45.2 Å². The predicted octanol–water partition coefficient (Wildman–Crippen LogP) is 2.53. The van der Waals surface area contributed by atoms with Crippen LogP contribution in [-0.2, 0) is 16.4 Å². The normalized spacial score (nSPS) is 12.3. The maximum Gasteiger partial charge on any atom is 0.206 e. The molecule has 3 rings (SSSR count). The van der Waals surface area contributed by atoms with Gasteiger partial charge in [0.15, 0.2) is 9.84 Å². The minimum absolute atomic E-state index is 0.0577. The Balaban J connectivity index is 2.16. The number of nitrogens with one attached hydrogen (secondary N) is 1. The SMILES string of the molecule is C[Si](C)(C)CCS(=O)(=O)c1cncc(-c2ccc(CO)cc2)c1-c1nn[nH]n1. The summed E-state index contributed by atoms with van der Waals surface area (Å²) in [6.07, 6.45) is 2.95. The molecule has 0 fully saturated rings.